The topological polar surface area (TPSA) is 35.8 Å². The van der Waals surface area contributed by atoms with Crippen LogP contribution in [-0.2, 0) is 13.0 Å². The first-order valence-electron chi connectivity index (χ1n) is 6.35. The second-order valence-corrected chi connectivity index (χ2v) is 5.22. The lowest BCUT2D eigenvalue weighted by atomic mass is 10.1. The molecule has 0 aliphatic rings. The molecule has 0 bridgehead atoms. The summed E-state index contributed by atoms with van der Waals surface area (Å²) in [5, 5.41) is 11.9. The van der Waals surface area contributed by atoms with Crippen LogP contribution < -0.4 is 5.32 Å². The molecule has 2 aromatic carbocycles. The lowest BCUT2D eigenvalue weighted by molar-refractivity contribution is 0.623. The number of nitrogens with one attached hydrogen (secondary N) is 1. The van der Waals surface area contributed by atoms with Gasteiger partial charge in [-0.05, 0) is 45.6 Å². The lowest BCUT2D eigenvalue weighted by Gasteiger charge is -2.10. The number of nitriles is 1. The Bertz CT molecular complexity index is 645. The van der Waals surface area contributed by atoms with E-state index in [1.54, 1.807) is 12.1 Å². The summed E-state index contributed by atoms with van der Waals surface area (Å²) in [6, 6.07) is 13.3. The highest BCUT2D eigenvalue weighted by molar-refractivity contribution is 9.10. The molecule has 0 atom stereocenters. The van der Waals surface area contributed by atoms with Crippen LogP contribution in [0.4, 0.5) is 10.1 Å². The van der Waals surface area contributed by atoms with Crippen molar-refractivity contribution in [1.82, 2.24) is 0 Å². The molecule has 0 fully saturated rings. The van der Waals surface area contributed by atoms with E-state index in [0.29, 0.717) is 17.8 Å². The standard InChI is InChI=1S/C16H14BrFN2/c1-2-11-3-5-12(6-4-11)10-20-14-8-7-13(9-19)15(17)16(14)18/h3-8,20H,2,10H2,1H3. The Morgan fingerprint density at radius 1 is 1.15 bits per heavy atom. The van der Waals surface area contributed by atoms with Crippen molar-refractivity contribution in [3.05, 3.63) is 63.4 Å². The molecule has 1 N–H and O–H groups in total. The molecule has 20 heavy (non-hydrogen) atoms. The van der Waals surface area contributed by atoms with Gasteiger partial charge in [-0.1, -0.05) is 31.2 Å². The average Bonchev–Trinajstić information content (AvgIpc) is 2.49. The van der Waals surface area contributed by atoms with Gasteiger partial charge in [-0.3, -0.25) is 0 Å². The molecule has 4 heteroatoms. The fourth-order valence-corrected chi connectivity index (χ4v) is 2.30. The van der Waals surface area contributed by atoms with Crippen molar-refractivity contribution < 1.29 is 4.39 Å². The second kappa shape index (κ2) is 6.53. The summed E-state index contributed by atoms with van der Waals surface area (Å²) in [6.45, 7) is 2.65. The third-order valence-corrected chi connectivity index (χ3v) is 3.89. The Morgan fingerprint density at radius 2 is 1.80 bits per heavy atom. The maximum atomic E-state index is 14.0. The van der Waals surface area contributed by atoms with Crippen LogP contribution in [0.25, 0.3) is 0 Å². The first-order valence-corrected chi connectivity index (χ1v) is 7.14. The number of nitrogens with zero attached hydrogens (tertiary/aromatic N) is 1. The molecule has 0 aromatic heterocycles. The normalized spacial score (nSPS) is 10.1. The number of rotatable bonds is 4. The summed E-state index contributed by atoms with van der Waals surface area (Å²) < 4.78 is 14.2. The maximum absolute atomic E-state index is 14.0. The van der Waals surface area contributed by atoms with Gasteiger partial charge in [0.25, 0.3) is 0 Å². The highest BCUT2D eigenvalue weighted by Gasteiger charge is 2.10. The lowest BCUT2D eigenvalue weighted by Crippen LogP contribution is -2.02. The van der Waals surface area contributed by atoms with E-state index >= 15 is 0 Å². The molecule has 0 aliphatic carbocycles. The van der Waals surface area contributed by atoms with E-state index in [4.69, 9.17) is 5.26 Å². The van der Waals surface area contributed by atoms with Gasteiger partial charge in [0.05, 0.1) is 15.7 Å². The van der Waals surface area contributed by atoms with Gasteiger partial charge in [-0.2, -0.15) is 5.26 Å². The Morgan fingerprint density at radius 3 is 2.40 bits per heavy atom. The molecular weight excluding hydrogens is 319 g/mol. The van der Waals surface area contributed by atoms with E-state index in [9.17, 15) is 4.39 Å². The Kier molecular flexibility index (Phi) is 4.75. The van der Waals surface area contributed by atoms with Gasteiger partial charge in [0, 0.05) is 6.54 Å². The fourth-order valence-electron chi connectivity index (χ4n) is 1.86. The van der Waals surface area contributed by atoms with E-state index in [1.165, 1.54) is 5.56 Å². The summed E-state index contributed by atoms with van der Waals surface area (Å²) in [7, 11) is 0. The molecule has 0 unspecified atom stereocenters. The van der Waals surface area contributed by atoms with E-state index in [0.717, 1.165) is 12.0 Å². The van der Waals surface area contributed by atoms with E-state index in [2.05, 4.69) is 40.3 Å². The average molecular weight is 333 g/mol. The Hall–Kier alpha value is -1.86. The van der Waals surface area contributed by atoms with Crippen molar-refractivity contribution in [2.75, 3.05) is 5.32 Å². The summed E-state index contributed by atoms with van der Waals surface area (Å²) in [4.78, 5) is 0. The summed E-state index contributed by atoms with van der Waals surface area (Å²) in [5.74, 6) is -0.436. The molecule has 2 aromatic rings. The second-order valence-electron chi connectivity index (χ2n) is 4.42. The van der Waals surface area contributed by atoms with Crippen LogP contribution in [0.5, 0.6) is 0 Å². The molecule has 0 spiro atoms. The molecule has 2 nitrogen and oxygen atoms in total. The zero-order chi connectivity index (χ0) is 14.5. The number of hydrogen-bond acceptors (Lipinski definition) is 2. The highest BCUT2D eigenvalue weighted by atomic mass is 79.9. The van der Waals surface area contributed by atoms with Gasteiger partial charge in [0.2, 0.25) is 0 Å². The first kappa shape index (κ1) is 14.5. The van der Waals surface area contributed by atoms with Crippen molar-refractivity contribution >= 4 is 21.6 Å². The number of halogens is 2. The largest absolute Gasteiger partial charge is 0.379 e. The van der Waals surface area contributed by atoms with Gasteiger partial charge >= 0.3 is 0 Å². The van der Waals surface area contributed by atoms with Gasteiger partial charge in [-0.25, -0.2) is 4.39 Å². The summed E-state index contributed by atoms with van der Waals surface area (Å²) >= 11 is 3.10. The maximum Gasteiger partial charge on any atom is 0.161 e. The molecule has 0 radical (unpaired) electrons. The van der Waals surface area contributed by atoms with E-state index in [1.807, 2.05) is 18.2 Å². The quantitative estimate of drug-likeness (QED) is 0.885. The first-order chi connectivity index (χ1) is 9.65. The minimum absolute atomic E-state index is 0.200. The van der Waals surface area contributed by atoms with Crippen LogP contribution >= 0.6 is 15.9 Å². The van der Waals surface area contributed by atoms with Crippen molar-refractivity contribution in [2.45, 2.75) is 19.9 Å². The minimum atomic E-state index is -0.436. The molecule has 102 valence electrons. The van der Waals surface area contributed by atoms with Crippen LogP contribution in [0.2, 0.25) is 0 Å². The minimum Gasteiger partial charge on any atom is -0.379 e. The predicted molar refractivity (Wildman–Crippen MR) is 82.0 cm³/mol. The molecule has 0 amide bonds. The third kappa shape index (κ3) is 3.17. The van der Waals surface area contributed by atoms with Crippen LogP contribution in [0.1, 0.15) is 23.6 Å². The van der Waals surface area contributed by atoms with Gasteiger partial charge in [0.1, 0.15) is 6.07 Å². The molecule has 0 saturated carbocycles. The molecular formula is C16H14BrFN2. The molecule has 0 aliphatic heterocycles. The van der Waals surface area contributed by atoms with E-state index < -0.39 is 5.82 Å². The van der Waals surface area contributed by atoms with Crippen molar-refractivity contribution in [3.8, 4) is 6.07 Å². The van der Waals surface area contributed by atoms with Crippen LogP contribution in [0.3, 0.4) is 0 Å². The smallest absolute Gasteiger partial charge is 0.161 e. The van der Waals surface area contributed by atoms with Gasteiger partial charge < -0.3 is 5.32 Å². The van der Waals surface area contributed by atoms with Crippen LogP contribution in [-0.4, -0.2) is 0 Å². The zero-order valence-electron chi connectivity index (χ0n) is 11.1. The van der Waals surface area contributed by atoms with Crippen molar-refractivity contribution in [2.24, 2.45) is 0 Å². The SMILES string of the molecule is CCc1ccc(CNc2ccc(C#N)c(Br)c2F)cc1. The third-order valence-electron chi connectivity index (χ3n) is 3.12. The van der Waals surface area contributed by atoms with Crippen molar-refractivity contribution in [3.63, 3.8) is 0 Å². The predicted octanol–water partition coefficient (Wildman–Crippen LogP) is 4.63. The number of hydrogen-bond donors (Lipinski definition) is 1. The Labute approximate surface area is 126 Å². The summed E-state index contributed by atoms with van der Waals surface area (Å²) in [6.07, 6.45) is 1.00. The number of anilines is 1. The highest BCUT2D eigenvalue weighted by Crippen LogP contribution is 2.26. The molecule has 0 saturated heterocycles. The number of aryl methyl sites for hydroxylation is 1. The van der Waals surface area contributed by atoms with Crippen LogP contribution in [0, 0.1) is 17.1 Å². The van der Waals surface area contributed by atoms with E-state index in [-0.39, 0.29) is 4.47 Å². The fraction of sp³-hybridized carbons (Fsp3) is 0.188. The van der Waals surface area contributed by atoms with Gasteiger partial charge in [0.15, 0.2) is 5.82 Å². The van der Waals surface area contributed by atoms with Crippen LogP contribution in [0.15, 0.2) is 40.9 Å². The van der Waals surface area contributed by atoms with Gasteiger partial charge in [-0.15, -0.1) is 0 Å². The Balaban J connectivity index is 2.11. The molecule has 0 heterocycles. The number of benzene rings is 2. The molecule has 2 rings (SSSR count). The summed E-state index contributed by atoms with van der Waals surface area (Å²) in [5.41, 5.74) is 3.04. The zero-order valence-corrected chi connectivity index (χ0v) is 12.7. The van der Waals surface area contributed by atoms with Crippen molar-refractivity contribution in [1.29, 1.82) is 5.26 Å². The monoisotopic (exact) mass is 332 g/mol.